The topological polar surface area (TPSA) is 60.2 Å². The lowest BCUT2D eigenvalue weighted by atomic mass is 10.1. The smallest absolute Gasteiger partial charge is 0.254 e. The summed E-state index contributed by atoms with van der Waals surface area (Å²) >= 11 is 0. The van der Waals surface area contributed by atoms with E-state index in [1.807, 2.05) is 35.2 Å². The van der Waals surface area contributed by atoms with Gasteiger partial charge < -0.3 is 9.64 Å². The van der Waals surface area contributed by atoms with E-state index in [9.17, 15) is 4.79 Å². The van der Waals surface area contributed by atoms with Crippen molar-refractivity contribution in [3.8, 4) is 5.69 Å². The van der Waals surface area contributed by atoms with E-state index in [0.29, 0.717) is 18.7 Å². The fourth-order valence-corrected chi connectivity index (χ4v) is 3.60. The van der Waals surface area contributed by atoms with Crippen LogP contribution in [0.5, 0.6) is 0 Å². The Morgan fingerprint density at radius 2 is 2.00 bits per heavy atom. The third-order valence-electron chi connectivity index (χ3n) is 5.00. The number of amides is 1. The molecular weight excluding hydrogens is 352 g/mol. The summed E-state index contributed by atoms with van der Waals surface area (Å²) < 4.78 is 7.59. The molecule has 1 saturated heterocycles. The van der Waals surface area contributed by atoms with Crippen molar-refractivity contribution in [1.29, 1.82) is 0 Å². The molecule has 1 amide bonds. The normalized spacial score (nSPS) is 16.2. The number of rotatable bonds is 6. The summed E-state index contributed by atoms with van der Waals surface area (Å²) in [5.74, 6) is 0.00642. The van der Waals surface area contributed by atoms with Crippen LogP contribution in [0.1, 0.15) is 34.3 Å². The Balaban J connectivity index is 1.59. The summed E-state index contributed by atoms with van der Waals surface area (Å²) in [4.78, 5) is 15.3. The Hall–Kier alpha value is -2.99. The van der Waals surface area contributed by atoms with Crippen LogP contribution in [0.15, 0.2) is 61.2 Å². The van der Waals surface area contributed by atoms with Gasteiger partial charge in [-0.2, -0.15) is 0 Å². The van der Waals surface area contributed by atoms with Crippen molar-refractivity contribution in [2.45, 2.75) is 32.4 Å². The molecule has 0 saturated carbocycles. The van der Waals surface area contributed by atoms with E-state index in [-0.39, 0.29) is 12.0 Å². The maximum Gasteiger partial charge on any atom is 0.254 e. The molecule has 2 heterocycles. The number of carbonyl (C=O) groups is 1. The molecule has 0 N–H and O–H groups in total. The first kappa shape index (κ1) is 18.4. The van der Waals surface area contributed by atoms with E-state index in [0.717, 1.165) is 30.7 Å². The molecule has 0 aliphatic carbocycles. The van der Waals surface area contributed by atoms with Gasteiger partial charge in [-0.25, -0.2) is 0 Å². The summed E-state index contributed by atoms with van der Waals surface area (Å²) in [5.41, 5.74) is 3.83. The van der Waals surface area contributed by atoms with Gasteiger partial charge in [0.05, 0.1) is 6.10 Å². The largest absolute Gasteiger partial charge is 0.376 e. The molecule has 0 radical (unpaired) electrons. The van der Waals surface area contributed by atoms with Crippen LogP contribution in [0.25, 0.3) is 5.69 Å². The summed E-state index contributed by atoms with van der Waals surface area (Å²) in [6.45, 7) is 4.01. The van der Waals surface area contributed by atoms with Gasteiger partial charge in [-0.15, -0.1) is 10.2 Å². The average molecular weight is 376 g/mol. The first-order chi connectivity index (χ1) is 13.7. The third-order valence-corrected chi connectivity index (χ3v) is 5.00. The molecule has 28 heavy (non-hydrogen) atoms. The van der Waals surface area contributed by atoms with Crippen LogP contribution in [0.2, 0.25) is 0 Å². The van der Waals surface area contributed by atoms with E-state index < -0.39 is 0 Å². The zero-order chi connectivity index (χ0) is 19.3. The minimum absolute atomic E-state index is 0.00642. The zero-order valence-electron chi connectivity index (χ0n) is 16.0. The summed E-state index contributed by atoms with van der Waals surface area (Å²) in [5, 5.41) is 7.68. The molecular formula is C22H24N4O2. The number of hydrogen-bond acceptors (Lipinski definition) is 4. The summed E-state index contributed by atoms with van der Waals surface area (Å²) in [6, 6.07) is 15.9. The van der Waals surface area contributed by atoms with Gasteiger partial charge in [0.15, 0.2) is 0 Å². The van der Waals surface area contributed by atoms with Crippen molar-refractivity contribution < 1.29 is 9.53 Å². The monoisotopic (exact) mass is 376 g/mol. The van der Waals surface area contributed by atoms with E-state index in [4.69, 9.17) is 4.74 Å². The third kappa shape index (κ3) is 4.28. The molecule has 2 aromatic carbocycles. The van der Waals surface area contributed by atoms with Gasteiger partial charge in [-0.05, 0) is 43.5 Å². The fraction of sp³-hybridized carbons (Fsp3) is 0.318. The van der Waals surface area contributed by atoms with Gasteiger partial charge in [-0.1, -0.05) is 35.9 Å². The minimum atomic E-state index is 0.00642. The van der Waals surface area contributed by atoms with Crippen LogP contribution < -0.4 is 0 Å². The van der Waals surface area contributed by atoms with E-state index in [1.165, 1.54) is 5.56 Å². The molecule has 4 rings (SSSR count). The lowest BCUT2D eigenvalue weighted by Crippen LogP contribution is -2.37. The van der Waals surface area contributed by atoms with Gasteiger partial charge in [0.2, 0.25) is 0 Å². The highest BCUT2D eigenvalue weighted by Crippen LogP contribution is 2.19. The first-order valence-electron chi connectivity index (χ1n) is 9.60. The number of hydrogen-bond donors (Lipinski definition) is 0. The first-order valence-corrected chi connectivity index (χ1v) is 9.60. The van der Waals surface area contributed by atoms with Gasteiger partial charge in [0.25, 0.3) is 5.91 Å². The van der Waals surface area contributed by atoms with Crippen molar-refractivity contribution in [2.24, 2.45) is 0 Å². The van der Waals surface area contributed by atoms with E-state index in [2.05, 4.69) is 35.3 Å². The van der Waals surface area contributed by atoms with Gasteiger partial charge in [-0.3, -0.25) is 9.36 Å². The summed E-state index contributed by atoms with van der Waals surface area (Å²) in [7, 11) is 0. The SMILES string of the molecule is Cc1cccc(CN(C[C@H]2CCCO2)C(=O)c2cccc(-n3cnnc3)c2)c1. The highest BCUT2D eigenvalue weighted by Gasteiger charge is 2.24. The van der Waals surface area contributed by atoms with Crippen molar-refractivity contribution in [2.75, 3.05) is 13.2 Å². The number of nitrogens with zero attached hydrogens (tertiary/aromatic N) is 4. The molecule has 1 aromatic heterocycles. The van der Waals surface area contributed by atoms with Crippen LogP contribution >= 0.6 is 0 Å². The van der Waals surface area contributed by atoms with Crippen LogP contribution in [0, 0.1) is 6.92 Å². The fourth-order valence-electron chi connectivity index (χ4n) is 3.60. The predicted octanol–water partition coefficient (Wildman–Crippen LogP) is 3.40. The lowest BCUT2D eigenvalue weighted by molar-refractivity contribution is 0.0507. The Labute approximate surface area is 164 Å². The Kier molecular flexibility index (Phi) is 5.48. The molecule has 144 valence electrons. The molecule has 3 aromatic rings. The Morgan fingerprint density at radius 3 is 2.75 bits per heavy atom. The second kappa shape index (κ2) is 8.35. The molecule has 6 nitrogen and oxygen atoms in total. The maximum atomic E-state index is 13.4. The summed E-state index contributed by atoms with van der Waals surface area (Å²) in [6.07, 6.45) is 5.41. The molecule has 0 spiro atoms. The average Bonchev–Trinajstić information content (AvgIpc) is 3.41. The molecule has 6 heteroatoms. The van der Waals surface area contributed by atoms with Crippen LogP contribution in [-0.2, 0) is 11.3 Å². The highest BCUT2D eigenvalue weighted by molar-refractivity contribution is 5.94. The van der Waals surface area contributed by atoms with Crippen LogP contribution in [0.4, 0.5) is 0 Å². The van der Waals surface area contributed by atoms with Gasteiger partial charge >= 0.3 is 0 Å². The maximum absolute atomic E-state index is 13.4. The van der Waals surface area contributed by atoms with Crippen molar-refractivity contribution in [3.05, 3.63) is 77.9 Å². The van der Waals surface area contributed by atoms with E-state index >= 15 is 0 Å². The van der Waals surface area contributed by atoms with Crippen LogP contribution in [0.3, 0.4) is 0 Å². The quantitative estimate of drug-likeness (QED) is 0.662. The van der Waals surface area contributed by atoms with Gasteiger partial charge in [0, 0.05) is 30.9 Å². The predicted molar refractivity (Wildman–Crippen MR) is 106 cm³/mol. The lowest BCUT2D eigenvalue weighted by Gasteiger charge is -2.26. The highest BCUT2D eigenvalue weighted by atomic mass is 16.5. The minimum Gasteiger partial charge on any atom is -0.376 e. The standard InChI is InChI=1S/C22H24N4O2/c1-17-5-2-6-18(11-17)13-25(14-21-9-4-10-28-21)22(27)19-7-3-8-20(12-19)26-15-23-24-16-26/h2-3,5-8,11-12,15-16,21H,4,9-10,13-14H2,1H3/t21-/m1/s1. The molecule has 1 aliphatic rings. The van der Waals surface area contributed by atoms with Crippen molar-refractivity contribution >= 4 is 5.91 Å². The molecule has 1 aliphatic heterocycles. The van der Waals surface area contributed by atoms with Gasteiger partial charge in [0.1, 0.15) is 12.7 Å². The number of aryl methyl sites for hydroxylation is 1. The molecule has 1 fully saturated rings. The molecule has 0 bridgehead atoms. The number of ether oxygens (including phenoxy) is 1. The molecule has 1 atom stereocenters. The zero-order valence-corrected chi connectivity index (χ0v) is 16.0. The number of benzene rings is 2. The number of aromatic nitrogens is 3. The molecule has 0 unspecified atom stereocenters. The second-order valence-corrected chi connectivity index (χ2v) is 7.23. The van der Waals surface area contributed by atoms with E-state index in [1.54, 1.807) is 17.2 Å². The Morgan fingerprint density at radius 1 is 1.18 bits per heavy atom. The van der Waals surface area contributed by atoms with Crippen molar-refractivity contribution in [1.82, 2.24) is 19.7 Å². The second-order valence-electron chi connectivity index (χ2n) is 7.23. The number of carbonyl (C=O) groups excluding carboxylic acids is 1. The van der Waals surface area contributed by atoms with Crippen LogP contribution in [-0.4, -0.2) is 44.8 Å². The van der Waals surface area contributed by atoms with Crippen molar-refractivity contribution in [3.63, 3.8) is 0 Å². The Bertz CT molecular complexity index is 933.